The van der Waals surface area contributed by atoms with Gasteiger partial charge in [0.25, 0.3) is 0 Å². The third-order valence-corrected chi connectivity index (χ3v) is 5.56. The summed E-state index contributed by atoms with van der Waals surface area (Å²) in [5.74, 6) is 0. The Labute approximate surface area is 171 Å². The van der Waals surface area contributed by atoms with Crippen LogP contribution in [0.5, 0.6) is 0 Å². The van der Waals surface area contributed by atoms with Crippen molar-refractivity contribution in [3.05, 3.63) is 94.0 Å². The zero-order chi connectivity index (χ0) is 20.4. The molecule has 4 N–H and O–H groups in total. The lowest BCUT2D eigenvalue weighted by atomic mass is 9.86. The van der Waals surface area contributed by atoms with Gasteiger partial charge in [-0.2, -0.15) is 5.26 Å². The lowest BCUT2D eigenvalue weighted by Crippen LogP contribution is -2.18. The van der Waals surface area contributed by atoms with Crippen molar-refractivity contribution < 1.29 is 0 Å². The minimum atomic E-state index is 0.191. The van der Waals surface area contributed by atoms with Crippen LogP contribution in [-0.2, 0) is 6.42 Å². The van der Waals surface area contributed by atoms with Crippen molar-refractivity contribution in [3.63, 3.8) is 0 Å². The smallest absolute Gasteiger partial charge is 0.0991 e. The first-order chi connectivity index (χ1) is 14.0. The number of benzene rings is 3. The van der Waals surface area contributed by atoms with Crippen molar-refractivity contribution in [2.75, 3.05) is 11.1 Å². The second-order valence-corrected chi connectivity index (χ2v) is 7.66. The zero-order valence-electron chi connectivity index (χ0n) is 16.5. The Bertz CT molecular complexity index is 1120. The summed E-state index contributed by atoms with van der Waals surface area (Å²) in [6, 6.07) is 22.1. The van der Waals surface area contributed by atoms with Gasteiger partial charge in [-0.15, -0.1) is 0 Å². The molecule has 0 amide bonds. The van der Waals surface area contributed by atoms with Crippen LogP contribution in [0.25, 0.3) is 0 Å². The summed E-state index contributed by atoms with van der Waals surface area (Å²) in [7, 11) is 0. The van der Waals surface area contributed by atoms with Gasteiger partial charge >= 0.3 is 0 Å². The van der Waals surface area contributed by atoms with Crippen molar-refractivity contribution in [1.82, 2.24) is 0 Å². The Balaban J connectivity index is 1.62. The molecule has 4 nitrogen and oxygen atoms in total. The Kier molecular flexibility index (Phi) is 5.05. The molecule has 1 atom stereocenters. The Morgan fingerprint density at radius 1 is 1.14 bits per heavy atom. The molecule has 0 radical (unpaired) electrons. The molecular formula is C25H24N4. The highest BCUT2D eigenvalue weighted by atomic mass is 14.9. The molecule has 3 aromatic carbocycles. The van der Waals surface area contributed by atoms with Gasteiger partial charge in [-0.3, -0.25) is 5.41 Å². The van der Waals surface area contributed by atoms with Crippen LogP contribution in [-0.4, -0.2) is 5.71 Å². The topological polar surface area (TPSA) is 85.7 Å². The first-order valence-electron chi connectivity index (χ1n) is 9.90. The lowest BCUT2D eigenvalue weighted by Gasteiger charge is -2.28. The van der Waals surface area contributed by atoms with Gasteiger partial charge in [0.15, 0.2) is 0 Å². The lowest BCUT2D eigenvalue weighted by molar-refractivity contribution is 0.600. The standard InChI is InChI=1S/C25H24N4/c1-16-4-2-6-19(12-16)25(28)22-14-20(9-11-23(22)27)29-24-7-3-5-18-13-17(15-26)8-10-21(18)24/h2,4,6,8-14,24,28-29H,3,5,7,27H2,1H3. The largest absolute Gasteiger partial charge is 0.398 e. The summed E-state index contributed by atoms with van der Waals surface area (Å²) >= 11 is 0. The highest BCUT2D eigenvalue weighted by Crippen LogP contribution is 2.34. The molecule has 4 heteroatoms. The highest BCUT2D eigenvalue weighted by molar-refractivity contribution is 6.14. The van der Waals surface area contributed by atoms with E-state index in [1.165, 1.54) is 11.1 Å². The summed E-state index contributed by atoms with van der Waals surface area (Å²) in [4.78, 5) is 0. The number of nitrogen functional groups attached to an aromatic ring is 1. The number of nitrogens with zero attached hydrogens (tertiary/aromatic N) is 1. The van der Waals surface area contributed by atoms with Crippen molar-refractivity contribution in [1.29, 1.82) is 10.7 Å². The first kappa shape index (κ1) is 18.8. The maximum absolute atomic E-state index is 9.16. The third kappa shape index (κ3) is 3.86. The van der Waals surface area contributed by atoms with Gasteiger partial charge in [0.05, 0.1) is 23.4 Å². The fourth-order valence-electron chi connectivity index (χ4n) is 4.05. The molecule has 29 heavy (non-hydrogen) atoms. The number of fused-ring (bicyclic) bond motifs is 1. The monoisotopic (exact) mass is 380 g/mol. The average Bonchev–Trinajstić information content (AvgIpc) is 2.74. The SMILES string of the molecule is Cc1cccc(C(=N)c2cc(NC3CCCc4cc(C#N)ccc43)ccc2N)c1. The number of nitriles is 1. The van der Waals surface area contributed by atoms with Gasteiger partial charge in [0.2, 0.25) is 0 Å². The Hall–Kier alpha value is -3.58. The van der Waals surface area contributed by atoms with E-state index in [9.17, 15) is 0 Å². The van der Waals surface area contributed by atoms with Gasteiger partial charge in [0, 0.05) is 22.5 Å². The van der Waals surface area contributed by atoms with Gasteiger partial charge in [0.1, 0.15) is 0 Å². The summed E-state index contributed by atoms with van der Waals surface area (Å²) in [6.45, 7) is 2.02. The number of anilines is 2. The van der Waals surface area contributed by atoms with E-state index in [0.29, 0.717) is 17.0 Å². The number of rotatable bonds is 4. The third-order valence-electron chi connectivity index (χ3n) is 5.56. The van der Waals surface area contributed by atoms with E-state index in [0.717, 1.165) is 41.6 Å². The zero-order valence-corrected chi connectivity index (χ0v) is 16.5. The molecule has 0 saturated carbocycles. The molecule has 144 valence electrons. The first-order valence-corrected chi connectivity index (χ1v) is 9.90. The second-order valence-electron chi connectivity index (χ2n) is 7.66. The van der Waals surface area contributed by atoms with Gasteiger partial charge < -0.3 is 11.1 Å². The summed E-state index contributed by atoms with van der Waals surface area (Å²) in [5, 5.41) is 21.4. The number of nitrogens with one attached hydrogen (secondary N) is 2. The van der Waals surface area contributed by atoms with Crippen LogP contribution in [0.4, 0.5) is 11.4 Å². The molecule has 3 aromatic rings. The second kappa shape index (κ2) is 7.81. The van der Waals surface area contributed by atoms with E-state index >= 15 is 0 Å². The molecular weight excluding hydrogens is 356 g/mol. The predicted octanol–water partition coefficient (Wildman–Crippen LogP) is 5.35. The molecule has 1 unspecified atom stereocenters. The maximum Gasteiger partial charge on any atom is 0.0991 e. The van der Waals surface area contributed by atoms with Gasteiger partial charge in [-0.05, 0) is 73.7 Å². The van der Waals surface area contributed by atoms with Crippen molar-refractivity contribution in [2.45, 2.75) is 32.2 Å². The number of nitrogens with two attached hydrogens (primary N) is 1. The van der Waals surface area contributed by atoms with E-state index in [1.807, 2.05) is 61.5 Å². The van der Waals surface area contributed by atoms with E-state index in [1.54, 1.807) is 0 Å². The van der Waals surface area contributed by atoms with Crippen LogP contribution in [0, 0.1) is 23.7 Å². The molecule has 0 heterocycles. The minimum Gasteiger partial charge on any atom is -0.398 e. The van der Waals surface area contributed by atoms with Crippen LogP contribution < -0.4 is 11.1 Å². The normalized spacial score (nSPS) is 15.2. The molecule has 0 aromatic heterocycles. The van der Waals surface area contributed by atoms with E-state index in [2.05, 4.69) is 17.5 Å². The number of hydrogen-bond acceptors (Lipinski definition) is 4. The average molecular weight is 380 g/mol. The van der Waals surface area contributed by atoms with Crippen molar-refractivity contribution in [2.24, 2.45) is 0 Å². The molecule has 0 aliphatic heterocycles. The van der Waals surface area contributed by atoms with E-state index in [4.69, 9.17) is 16.4 Å². The van der Waals surface area contributed by atoms with Crippen LogP contribution in [0.15, 0.2) is 60.7 Å². The van der Waals surface area contributed by atoms with E-state index < -0.39 is 0 Å². The molecule has 0 bridgehead atoms. The fourth-order valence-corrected chi connectivity index (χ4v) is 4.05. The van der Waals surface area contributed by atoms with Crippen LogP contribution >= 0.6 is 0 Å². The Morgan fingerprint density at radius 2 is 2.00 bits per heavy atom. The predicted molar refractivity (Wildman–Crippen MR) is 118 cm³/mol. The van der Waals surface area contributed by atoms with E-state index in [-0.39, 0.29) is 6.04 Å². The van der Waals surface area contributed by atoms with Crippen LogP contribution in [0.1, 0.15) is 52.3 Å². The highest BCUT2D eigenvalue weighted by Gasteiger charge is 2.21. The molecule has 1 aliphatic carbocycles. The summed E-state index contributed by atoms with van der Waals surface area (Å²) < 4.78 is 0. The van der Waals surface area contributed by atoms with Crippen molar-refractivity contribution in [3.8, 4) is 6.07 Å². The van der Waals surface area contributed by atoms with Crippen LogP contribution in [0.3, 0.4) is 0 Å². The number of aryl methyl sites for hydroxylation is 2. The quantitative estimate of drug-likeness (QED) is 0.421. The van der Waals surface area contributed by atoms with Gasteiger partial charge in [-0.25, -0.2) is 0 Å². The summed E-state index contributed by atoms with van der Waals surface area (Å²) in [6.07, 6.45) is 3.13. The fraction of sp³-hybridized carbons (Fsp3) is 0.200. The molecule has 0 spiro atoms. The summed E-state index contributed by atoms with van der Waals surface area (Å²) in [5.41, 5.74) is 14.1. The minimum absolute atomic E-state index is 0.191. The van der Waals surface area contributed by atoms with Crippen molar-refractivity contribution >= 4 is 17.1 Å². The van der Waals surface area contributed by atoms with Gasteiger partial charge in [-0.1, -0.05) is 29.8 Å². The molecule has 1 aliphatic rings. The molecule has 0 fully saturated rings. The van der Waals surface area contributed by atoms with Crippen LogP contribution in [0.2, 0.25) is 0 Å². The molecule has 4 rings (SSSR count). The maximum atomic E-state index is 9.16. The number of hydrogen-bond donors (Lipinski definition) is 3. The Morgan fingerprint density at radius 3 is 2.79 bits per heavy atom. The molecule has 0 saturated heterocycles.